The number of guanidine groups is 1. The van der Waals surface area contributed by atoms with Crippen LogP contribution < -0.4 is 5.32 Å². The molecule has 1 heterocycles. The molecule has 0 bridgehead atoms. The summed E-state index contributed by atoms with van der Waals surface area (Å²) in [7, 11) is 5.47. The maximum Gasteiger partial charge on any atom is 0.194 e. The molecule has 0 saturated heterocycles. The summed E-state index contributed by atoms with van der Waals surface area (Å²) in [5.41, 5.74) is 0.873. The number of aliphatic imine (C=N–C) groups is 1. The molecule has 136 valence electrons. The first kappa shape index (κ1) is 18.9. The van der Waals surface area contributed by atoms with Crippen LogP contribution in [0.1, 0.15) is 17.2 Å². The van der Waals surface area contributed by atoms with Gasteiger partial charge in [-0.1, -0.05) is 12.1 Å². The molecule has 0 saturated carbocycles. The Bertz CT molecular complexity index is 715. The van der Waals surface area contributed by atoms with Gasteiger partial charge in [-0.3, -0.25) is 0 Å². The van der Waals surface area contributed by atoms with Crippen molar-refractivity contribution in [1.29, 1.82) is 0 Å². The Hall–Kier alpha value is -2.48. The molecule has 2 rings (SSSR count). The lowest BCUT2D eigenvalue weighted by molar-refractivity contribution is 0.203. The predicted octanol–water partition coefficient (Wildman–Crippen LogP) is 1.49. The lowest BCUT2D eigenvalue weighted by Crippen LogP contribution is -2.40. The summed E-state index contributed by atoms with van der Waals surface area (Å²) >= 11 is 0. The quantitative estimate of drug-likeness (QED) is 0.466. The summed E-state index contributed by atoms with van der Waals surface area (Å²) in [5.74, 6) is 2.07. The summed E-state index contributed by atoms with van der Waals surface area (Å²) in [6.07, 6.45) is 0. The molecule has 0 fully saturated rings. The Morgan fingerprint density at radius 1 is 1.40 bits per heavy atom. The van der Waals surface area contributed by atoms with Gasteiger partial charge in [0.1, 0.15) is 18.2 Å². The molecule has 0 radical (unpaired) electrons. The third kappa shape index (κ3) is 5.53. The molecule has 0 aliphatic heterocycles. The molecule has 7 nitrogen and oxygen atoms in total. The molecule has 0 amide bonds. The van der Waals surface area contributed by atoms with Crippen molar-refractivity contribution in [2.24, 2.45) is 12.0 Å². The van der Waals surface area contributed by atoms with E-state index in [2.05, 4.69) is 20.5 Å². The minimum absolute atomic E-state index is 0.244. The first-order valence-electron chi connectivity index (χ1n) is 8.09. The minimum atomic E-state index is -0.244. The Labute approximate surface area is 147 Å². The molecular formula is C17H25FN6O. The first-order valence-corrected chi connectivity index (χ1v) is 8.09. The van der Waals surface area contributed by atoms with Crippen LogP contribution >= 0.6 is 0 Å². The fraction of sp³-hybridized carbons (Fsp3) is 0.471. The molecule has 0 spiro atoms. The van der Waals surface area contributed by atoms with Gasteiger partial charge in [-0.2, -0.15) is 0 Å². The highest BCUT2D eigenvalue weighted by molar-refractivity contribution is 5.79. The van der Waals surface area contributed by atoms with Gasteiger partial charge in [-0.25, -0.2) is 9.38 Å². The van der Waals surface area contributed by atoms with E-state index in [1.165, 1.54) is 12.1 Å². The van der Waals surface area contributed by atoms with Crippen LogP contribution in [0.2, 0.25) is 0 Å². The molecule has 0 aliphatic rings. The SMILES string of the molecule is COCCNC(=NCc1nnc(C)n1C)N(C)Cc1cccc(F)c1. The van der Waals surface area contributed by atoms with Crippen LogP contribution in [0.4, 0.5) is 4.39 Å². The van der Waals surface area contributed by atoms with E-state index in [-0.39, 0.29) is 5.82 Å². The van der Waals surface area contributed by atoms with Gasteiger partial charge in [0.15, 0.2) is 11.8 Å². The Balaban J connectivity index is 2.10. The number of aryl methyl sites for hydroxylation is 1. The Morgan fingerprint density at radius 3 is 2.84 bits per heavy atom. The number of nitrogens with zero attached hydrogens (tertiary/aromatic N) is 5. The second-order valence-electron chi connectivity index (χ2n) is 5.77. The zero-order valence-electron chi connectivity index (χ0n) is 15.2. The van der Waals surface area contributed by atoms with E-state index in [0.717, 1.165) is 17.2 Å². The van der Waals surface area contributed by atoms with Crippen LogP contribution in [0.5, 0.6) is 0 Å². The second kappa shape index (κ2) is 9.12. The fourth-order valence-corrected chi connectivity index (χ4v) is 2.29. The molecule has 1 aromatic carbocycles. The largest absolute Gasteiger partial charge is 0.383 e. The maximum atomic E-state index is 13.4. The van der Waals surface area contributed by atoms with Crippen molar-refractivity contribution in [1.82, 2.24) is 25.0 Å². The van der Waals surface area contributed by atoms with Crippen LogP contribution in [0.3, 0.4) is 0 Å². The van der Waals surface area contributed by atoms with Crippen LogP contribution in [0.25, 0.3) is 0 Å². The average molecular weight is 348 g/mol. The van der Waals surface area contributed by atoms with Crippen molar-refractivity contribution in [3.05, 3.63) is 47.3 Å². The molecular weight excluding hydrogens is 323 g/mol. The lowest BCUT2D eigenvalue weighted by Gasteiger charge is -2.22. The van der Waals surface area contributed by atoms with Gasteiger partial charge in [0.05, 0.1) is 6.61 Å². The minimum Gasteiger partial charge on any atom is -0.383 e. The number of benzene rings is 1. The third-order valence-electron chi connectivity index (χ3n) is 3.81. The molecule has 0 aliphatic carbocycles. The summed E-state index contributed by atoms with van der Waals surface area (Å²) in [6, 6.07) is 6.55. The van der Waals surface area contributed by atoms with Crippen LogP contribution in [0, 0.1) is 12.7 Å². The summed E-state index contributed by atoms with van der Waals surface area (Å²) < 4.78 is 20.4. The maximum absolute atomic E-state index is 13.4. The zero-order valence-corrected chi connectivity index (χ0v) is 15.2. The standard InChI is InChI=1S/C17H25FN6O/c1-13-21-22-16(24(13)3)11-20-17(19-8-9-25-4)23(2)12-14-6-5-7-15(18)10-14/h5-7,10H,8-9,11-12H2,1-4H3,(H,19,20). The molecule has 0 unspecified atom stereocenters. The molecule has 1 aromatic heterocycles. The number of nitrogens with one attached hydrogen (secondary N) is 1. The number of hydrogen-bond donors (Lipinski definition) is 1. The topological polar surface area (TPSA) is 67.6 Å². The van der Waals surface area contributed by atoms with Crippen molar-refractivity contribution in [3.8, 4) is 0 Å². The molecule has 0 atom stereocenters. The Morgan fingerprint density at radius 2 is 2.20 bits per heavy atom. The van der Waals surface area contributed by atoms with Crippen molar-refractivity contribution in [2.45, 2.75) is 20.0 Å². The van der Waals surface area contributed by atoms with Crippen molar-refractivity contribution in [3.63, 3.8) is 0 Å². The zero-order chi connectivity index (χ0) is 18.2. The predicted molar refractivity (Wildman–Crippen MR) is 94.6 cm³/mol. The normalized spacial score (nSPS) is 11.6. The summed E-state index contributed by atoms with van der Waals surface area (Å²) in [5, 5.41) is 11.4. The van der Waals surface area contributed by atoms with Gasteiger partial charge in [0.25, 0.3) is 0 Å². The van der Waals surface area contributed by atoms with Crippen LogP contribution in [0.15, 0.2) is 29.3 Å². The van der Waals surface area contributed by atoms with E-state index in [1.54, 1.807) is 13.2 Å². The monoisotopic (exact) mass is 348 g/mol. The van der Waals surface area contributed by atoms with Crippen molar-refractivity contribution >= 4 is 5.96 Å². The fourth-order valence-electron chi connectivity index (χ4n) is 2.29. The highest BCUT2D eigenvalue weighted by atomic mass is 19.1. The number of aromatic nitrogens is 3. The van der Waals surface area contributed by atoms with Crippen molar-refractivity contribution < 1.29 is 9.13 Å². The molecule has 25 heavy (non-hydrogen) atoms. The van der Waals surface area contributed by atoms with Crippen LogP contribution in [-0.4, -0.2) is 52.9 Å². The first-order chi connectivity index (χ1) is 12.0. The van der Waals surface area contributed by atoms with Gasteiger partial charge in [-0.05, 0) is 24.6 Å². The van der Waals surface area contributed by atoms with Gasteiger partial charge >= 0.3 is 0 Å². The van der Waals surface area contributed by atoms with E-state index < -0.39 is 0 Å². The van der Waals surface area contributed by atoms with Crippen molar-refractivity contribution in [2.75, 3.05) is 27.3 Å². The third-order valence-corrected chi connectivity index (χ3v) is 3.81. The van der Waals surface area contributed by atoms with E-state index in [0.29, 0.717) is 32.2 Å². The highest BCUT2D eigenvalue weighted by Crippen LogP contribution is 2.07. The molecule has 2 aromatic rings. The second-order valence-corrected chi connectivity index (χ2v) is 5.77. The molecule has 1 N–H and O–H groups in total. The number of rotatable bonds is 7. The van der Waals surface area contributed by atoms with Gasteiger partial charge < -0.3 is 19.5 Å². The average Bonchev–Trinajstić information content (AvgIpc) is 2.90. The number of ether oxygens (including phenoxy) is 1. The van der Waals surface area contributed by atoms with Crippen LogP contribution in [-0.2, 0) is 24.9 Å². The van der Waals surface area contributed by atoms with E-state index in [1.807, 2.05) is 36.6 Å². The summed E-state index contributed by atoms with van der Waals surface area (Å²) in [4.78, 5) is 6.56. The van der Waals surface area contributed by atoms with E-state index in [9.17, 15) is 4.39 Å². The number of halogens is 1. The molecule has 8 heteroatoms. The number of hydrogen-bond acceptors (Lipinski definition) is 4. The van der Waals surface area contributed by atoms with E-state index in [4.69, 9.17) is 4.74 Å². The highest BCUT2D eigenvalue weighted by Gasteiger charge is 2.10. The smallest absolute Gasteiger partial charge is 0.194 e. The summed E-state index contributed by atoms with van der Waals surface area (Å²) in [6.45, 7) is 4.03. The Kier molecular flexibility index (Phi) is 6.88. The number of methoxy groups -OCH3 is 1. The van der Waals surface area contributed by atoms with Gasteiger partial charge in [0.2, 0.25) is 0 Å². The van der Waals surface area contributed by atoms with E-state index >= 15 is 0 Å². The van der Waals surface area contributed by atoms with Gasteiger partial charge in [0, 0.05) is 34.3 Å². The lowest BCUT2D eigenvalue weighted by atomic mass is 10.2. The van der Waals surface area contributed by atoms with Gasteiger partial charge in [-0.15, -0.1) is 10.2 Å².